The van der Waals surface area contributed by atoms with Gasteiger partial charge in [0, 0.05) is 24.8 Å². The van der Waals surface area contributed by atoms with Crippen molar-refractivity contribution in [2.45, 2.75) is 40.3 Å². The van der Waals surface area contributed by atoms with Gasteiger partial charge in [-0.1, -0.05) is 12.1 Å². The molecule has 0 aliphatic rings. The molecule has 1 aromatic carbocycles. The summed E-state index contributed by atoms with van der Waals surface area (Å²) < 4.78 is 9.79. The Morgan fingerprint density at radius 3 is 2.84 bits per heavy atom. The number of para-hydroxylation sites is 2. The quantitative estimate of drug-likeness (QED) is 0.409. The standard InChI is InChI=1S/C24H28N6O2/c1-4-30-22(14-17(2)28-30)24(31)26-11-7-13-32-23-10-12-25-20(18(23)3)15-29-16-27-19-8-5-6-9-21(19)29/h5-6,8-10,12,14,16H,4,7,11,13,15H2,1-3H3,(H,26,31). The van der Waals surface area contributed by atoms with E-state index in [0.717, 1.165) is 33.7 Å². The van der Waals surface area contributed by atoms with Crippen molar-refractivity contribution < 1.29 is 9.53 Å². The number of benzene rings is 1. The number of carbonyl (C=O) groups is 1. The molecule has 3 aromatic heterocycles. The van der Waals surface area contributed by atoms with E-state index < -0.39 is 0 Å². The normalized spacial score (nSPS) is 11.1. The van der Waals surface area contributed by atoms with Gasteiger partial charge in [-0.05, 0) is 51.5 Å². The summed E-state index contributed by atoms with van der Waals surface area (Å²) in [6.45, 7) is 8.21. The summed E-state index contributed by atoms with van der Waals surface area (Å²) in [6.07, 6.45) is 4.31. The second-order valence-electron chi connectivity index (χ2n) is 7.69. The van der Waals surface area contributed by atoms with Crippen LogP contribution >= 0.6 is 0 Å². The molecule has 0 unspecified atom stereocenters. The molecule has 1 amide bonds. The zero-order chi connectivity index (χ0) is 22.5. The topological polar surface area (TPSA) is 86.9 Å². The van der Waals surface area contributed by atoms with E-state index in [1.165, 1.54) is 0 Å². The number of nitrogens with one attached hydrogen (secondary N) is 1. The van der Waals surface area contributed by atoms with Gasteiger partial charge >= 0.3 is 0 Å². The van der Waals surface area contributed by atoms with Gasteiger partial charge in [0.2, 0.25) is 0 Å². The molecule has 4 aromatic rings. The van der Waals surface area contributed by atoms with Gasteiger partial charge in [0.25, 0.3) is 5.91 Å². The lowest BCUT2D eigenvalue weighted by atomic mass is 10.2. The Hall–Kier alpha value is -3.68. The number of ether oxygens (including phenoxy) is 1. The van der Waals surface area contributed by atoms with Gasteiger partial charge in [0.05, 0.1) is 41.9 Å². The lowest BCUT2D eigenvalue weighted by Gasteiger charge is -2.13. The zero-order valence-corrected chi connectivity index (χ0v) is 18.7. The molecule has 8 nitrogen and oxygen atoms in total. The Labute approximate surface area is 187 Å². The lowest BCUT2D eigenvalue weighted by molar-refractivity contribution is 0.0941. The molecule has 3 heterocycles. The maximum absolute atomic E-state index is 12.4. The minimum absolute atomic E-state index is 0.109. The van der Waals surface area contributed by atoms with Crippen molar-refractivity contribution in [3.8, 4) is 5.75 Å². The number of aryl methyl sites for hydroxylation is 2. The van der Waals surface area contributed by atoms with Gasteiger partial charge in [0.15, 0.2) is 0 Å². The molecule has 0 fully saturated rings. The Bertz CT molecular complexity index is 1230. The van der Waals surface area contributed by atoms with E-state index in [1.807, 2.05) is 51.4 Å². The average molecular weight is 433 g/mol. The molecule has 4 rings (SSSR count). The Kier molecular flexibility index (Phi) is 6.49. The number of amides is 1. The highest BCUT2D eigenvalue weighted by molar-refractivity contribution is 5.92. The summed E-state index contributed by atoms with van der Waals surface area (Å²) in [6, 6.07) is 11.7. The fourth-order valence-corrected chi connectivity index (χ4v) is 3.69. The third kappa shape index (κ3) is 4.64. The maximum atomic E-state index is 12.4. The Morgan fingerprint density at radius 1 is 1.16 bits per heavy atom. The predicted molar refractivity (Wildman–Crippen MR) is 123 cm³/mol. The van der Waals surface area contributed by atoms with E-state index in [9.17, 15) is 4.79 Å². The first-order chi connectivity index (χ1) is 15.6. The SMILES string of the molecule is CCn1nc(C)cc1C(=O)NCCCOc1ccnc(Cn2cnc3ccccc32)c1C. The van der Waals surface area contributed by atoms with Crippen LogP contribution in [-0.4, -0.2) is 43.4 Å². The number of imidazole rings is 1. The summed E-state index contributed by atoms with van der Waals surface area (Å²) in [5.74, 6) is 0.702. The van der Waals surface area contributed by atoms with Crippen LogP contribution in [0.5, 0.6) is 5.75 Å². The van der Waals surface area contributed by atoms with Crippen LogP contribution in [0.3, 0.4) is 0 Å². The van der Waals surface area contributed by atoms with Crippen LogP contribution in [0.15, 0.2) is 48.9 Å². The summed E-state index contributed by atoms with van der Waals surface area (Å²) >= 11 is 0. The third-order valence-electron chi connectivity index (χ3n) is 5.40. The van der Waals surface area contributed by atoms with Crippen LogP contribution in [0, 0.1) is 13.8 Å². The Balaban J connectivity index is 1.31. The van der Waals surface area contributed by atoms with Crippen LogP contribution in [0.25, 0.3) is 11.0 Å². The highest BCUT2D eigenvalue weighted by Gasteiger charge is 2.13. The van der Waals surface area contributed by atoms with E-state index in [-0.39, 0.29) is 5.91 Å². The van der Waals surface area contributed by atoms with Crippen molar-refractivity contribution in [1.29, 1.82) is 0 Å². The number of rotatable bonds is 9. The number of aromatic nitrogens is 5. The molecule has 0 aliphatic carbocycles. The molecule has 0 radical (unpaired) electrons. The van der Waals surface area contributed by atoms with Crippen LogP contribution in [0.1, 0.15) is 40.8 Å². The summed E-state index contributed by atoms with van der Waals surface area (Å²) in [5, 5.41) is 7.26. The Morgan fingerprint density at radius 2 is 2.00 bits per heavy atom. The van der Waals surface area contributed by atoms with E-state index in [1.54, 1.807) is 16.9 Å². The molecule has 0 spiro atoms. The van der Waals surface area contributed by atoms with E-state index >= 15 is 0 Å². The number of hydrogen-bond acceptors (Lipinski definition) is 5. The van der Waals surface area contributed by atoms with Crippen LogP contribution in [0.4, 0.5) is 0 Å². The number of hydrogen-bond donors (Lipinski definition) is 1. The fraction of sp³-hybridized carbons (Fsp3) is 0.333. The molecular formula is C24H28N6O2. The first-order valence-electron chi connectivity index (χ1n) is 10.9. The van der Waals surface area contributed by atoms with Crippen molar-refractivity contribution in [3.05, 3.63) is 71.6 Å². The average Bonchev–Trinajstić information content (AvgIpc) is 3.39. The van der Waals surface area contributed by atoms with E-state index in [0.29, 0.717) is 38.4 Å². The first-order valence-corrected chi connectivity index (χ1v) is 10.9. The molecular weight excluding hydrogens is 404 g/mol. The van der Waals surface area contributed by atoms with Gasteiger partial charge in [-0.15, -0.1) is 0 Å². The van der Waals surface area contributed by atoms with Crippen molar-refractivity contribution >= 4 is 16.9 Å². The van der Waals surface area contributed by atoms with Gasteiger partial charge in [-0.2, -0.15) is 5.10 Å². The zero-order valence-electron chi connectivity index (χ0n) is 18.7. The van der Waals surface area contributed by atoms with Crippen LogP contribution in [0.2, 0.25) is 0 Å². The van der Waals surface area contributed by atoms with Crippen molar-refractivity contribution in [2.75, 3.05) is 13.2 Å². The van der Waals surface area contributed by atoms with Gasteiger partial charge < -0.3 is 14.6 Å². The summed E-state index contributed by atoms with van der Waals surface area (Å²) in [5.41, 5.74) is 5.44. The first kappa shape index (κ1) is 21.5. The molecule has 0 atom stereocenters. The van der Waals surface area contributed by atoms with Gasteiger partial charge in [-0.25, -0.2) is 4.98 Å². The monoisotopic (exact) mass is 432 g/mol. The lowest BCUT2D eigenvalue weighted by Crippen LogP contribution is -2.28. The van der Waals surface area contributed by atoms with Crippen molar-refractivity contribution in [1.82, 2.24) is 29.6 Å². The molecule has 0 saturated heterocycles. The number of pyridine rings is 1. The number of nitrogens with zero attached hydrogens (tertiary/aromatic N) is 5. The van der Waals surface area contributed by atoms with Gasteiger partial charge in [0.1, 0.15) is 11.4 Å². The smallest absolute Gasteiger partial charge is 0.269 e. The minimum Gasteiger partial charge on any atom is -0.493 e. The summed E-state index contributed by atoms with van der Waals surface area (Å²) in [4.78, 5) is 21.4. The molecule has 166 valence electrons. The fourth-order valence-electron chi connectivity index (χ4n) is 3.69. The summed E-state index contributed by atoms with van der Waals surface area (Å²) in [7, 11) is 0. The van der Waals surface area contributed by atoms with Crippen LogP contribution < -0.4 is 10.1 Å². The number of carbonyl (C=O) groups excluding carboxylic acids is 1. The third-order valence-corrected chi connectivity index (χ3v) is 5.40. The highest BCUT2D eigenvalue weighted by atomic mass is 16.5. The second kappa shape index (κ2) is 9.64. The molecule has 0 aliphatic heterocycles. The largest absolute Gasteiger partial charge is 0.493 e. The van der Waals surface area contributed by atoms with E-state index in [2.05, 4.69) is 31.0 Å². The van der Waals surface area contributed by atoms with Crippen molar-refractivity contribution in [2.24, 2.45) is 0 Å². The molecule has 8 heteroatoms. The molecule has 0 saturated carbocycles. The highest BCUT2D eigenvalue weighted by Crippen LogP contribution is 2.22. The molecule has 0 bridgehead atoms. The second-order valence-corrected chi connectivity index (χ2v) is 7.69. The molecule has 32 heavy (non-hydrogen) atoms. The maximum Gasteiger partial charge on any atom is 0.269 e. The van der Waals surface area contributed by atoms with Crippen LogP contribution in [-0.2, 0) is 13.1 Å². The predicted octanol–water partition coefficient (Wildman–Crippen LogP) is 3.51. The minimum atomic E-state index is -0.109. The van der Waals surface area contributed by atoms with Gasteiger partial charge in [-0.3, -0.25) is 14.5 Å². The van der Waals surface area contributed by atoms with Crippen molar-refractivity contribution in [3.63, 3.8) is 0 Å². The number of fused-ring (bicyclic) bond motifs is 1. The van der Waals surface area contributed by atoms with E-state index in [4.69, 9.17) is 4.74 Å². The molecule has 1 N–H and O–H groups in total.